The number of nitrogens with zero attached hydrogens (tertiary/aromatic N) is 1. The van der Waals surface area contributed by atoms with Crippen molar-refractivity contribution in [3.63, 3.8) is 0 Å². The van der Waals surface area contributed by atoms with Gasteiger partial charge in [-0.25, -0.2) is 12.7 Å². The molecule has 1 amide bonds. The van der Waals surface area contributed by atoms with E-state index in [0.717, 1.165) is 0 Å². The first-order valence-electron chi connectivity index (χ1n) is 6.59. The predicted molar refractivity (Wildman–Crippen MR) is 80.0 cm³/mol. The van der Waals surface area contributed by atoms with Crippen molar-refractivity contribution in [1.82, 2.24) is 9.62 Å². The number of rotatable bonds is 7. The van der Waals surface area contributed by atoms with Crippen molar-refractivity contribution in [2.75, 3.05) is 25.9 Å². The summed E-state index contributed by atoms with van der Waals surface area (Å²) in [7, 11) is -3.24. The molecule has 0 aliphatic carbocycles. The van der Waals surface area contributed by atoms with Gasteiger partial charge in [-0.3, -0.25) is 4.79 Å². The fourth-order valence-electron chi connectivity index (χ4n) is 1.79. The lowest BCUT2D eigenvalue weighted by atomic mass is 10.2. The van der Waals surface area contributed by atoms with Gasteiger partial charge in [-0.1, -0.05) is 32.0 Å². The first kappa shape index (κ1) is 16.7. The second kappa shape index (κ2) is 7.40. The first-order valence-corrected chi connectivity index (χ1v) is 8.44. The molecule has 20 heavy (non-hydrogen) atoms. The molecule has 0 aliphatic heterocycles. The molecule has 6 heteroatoms. The van der Waals surface area contributed by atoms with Crippen LogP contribution in [0, 0.1) is 5.92 Å². The number of nitrogens with one attached hydrogen (secondary N) is 1. The minimum absolute atomic E-state index is 0.191. The summed E-state index contributed by atoms with van der Waals surface area (Å²) in [5, 5.41) is 2.73. The fraction of sp³-hybridized carbons (Fsp3) is 0.500. The van der Waals surface area contributed by atoms with Gasteiger partial charge < -0.3 is 5.32 Å². The van der Waals surface area contributed by atoms with E-state index in [1.807, 2.05) is 19.9 Å². The van der Waals surface area contributed by atoms with Gasteiger partial charge in [0.05, 0.1) is 6.26 Å². The van der Waals surface area contributed by atoms with Gasteiger partial charge in [0.2, 0.25) is 10.0 Å². The predicted octanol–water partition coefficient (Wildman–Crippen LogP) is 1.33. The third kappa shape index (κ3) is 5.71. The van der Waals surface area contributed by atoms with E-state index in [-0.39, 0.29) is 18.4 Å². The summed E-state index contributed by atoms with van der Waals surface area (Å²) < 4.78 is 24.6. The van der Waals surface area contributed by atoms with Crippen LogP contribution in [-0.4, -0.2) is 44.5 Å². The zero-order valence-corrected chi connectivity index (χ0v) is 13.0. The van der Waals surface area contributed by atoms with Gasteiger partial charge >= 0.3 is 0 Å². The summed E-state index contributed by atoms with van der Waals surface area (Å²) in [4.78, 5) is 11.8. The Morgan fingerprint density at radius 3 is 2.35 bits per heavy atom. The zero-order chi connectivity index (χ0) is 15.2. The smallest absolute Gasteiger partial charge is 0.251 e. The molecule has 5 nitrogen and oxygen atoms in total. The van der Waals surface area contributed by atoms with Crippen LogP contribution >= 0.6 is 0 Å². The quantitative estimate of drug-likeness (QED) is 0.826. The Labute approximate surface area is 121 Å². The molecule has 0 atom stereocenters. The van der Waals surface area contributed by atoms with Gasteiger partial charge in [-0.15, -0.1) is 0 Å². The molecular formula is C14H22N2O3S. The second-order valence-electron chi connectivity index (χ2n) is 5.14. The molecule has 0 saturated carbocycles. The van der Waals surface area contributed by atoms with E-state index in [9.17, 15) is 13.2 Å². The number of sulfonamides is 1. The topological polar surface area (TPSA) is 66.5 Å². The largest absolute Gasteiger partial charge is 0.351 e. The Hall–Kier alpha value is -1.40. The monoisotopic (exact) mass is 298 g/mol. The molecule has 0 saturated heterocycles. The summed E-state index contributed by atoms with van der Waals surface area (Å²) in [5.41, 5.74) is 0.572. The maximum absolute atomic E-state index is 11.8. The molecular weight excluding hydrogens is 276 g/mol. The molecule has 1 N–H and O–H groups in total. The standard InChI is InChI=1S/C14H22N2O3S/c1-12(2)11-16(20(3,18)19)10-9-15-14(17)13-7-5-4-6-8-13/h4-8,12H,9-11H2,1-3H3,(H,15,17). The average molecular weight is 298 g/mol. The van der Waals surface area contributed by atoms with Crippen LogP contribution in [0.5, 0.6) is 0 Å². The number of carbonyl (C=O) groups excluding carboxylic acids is 1. The van der Waals surface area contributed by atoms with Gasteiger partial charge in [-0.05, 0) is 18.1 Å². The molecule has 0 spiro atoms. The van der Waals surface area contributed by atoms with E-state index in [1.165, 1.54) is 10.6 Å². The maximum Gasteiger partial charge on any atom is 0.251 e. The van der Waals surface area contributed by atoms with Crippen molar-refractivity contribution in [3.8, 4) is 0 Å². The SMILES string of the molecule is CC(C)CN(CCNC(=O)c1ccccc1)S(C)(=O)=O. The number of carbonyl (C=O) groups is 1. The molecule has 1 aromatic rings. The van der Waals surface area contributed by atoms with Crippen molar-refractivity contribution in [2.24, 2.45) is 5.92 Å². The van der Waals surface area contributed by atoms with Crippen molar-refractivity contribution in [3.05, 3.63) is 35.9 Å². The van der Waals surface area contributed by atoms with E-state index in [0.29, 0.717) is 18.7 Å². The third-order valence-corrected chi connectivity index (χ3v) is 3.99. The molecule has 0 fully saturated rings. The van der Waals surface area contributed by atoms with Crippen molar-refractivity contribution in [1.29, 1.82) is 0 Å². The Morgan fingerprint density at radius 2 is 1.85 bits per heavy atom. The van der Waals surface area contributed by atoms with E-state index in [4.69, 9.17) is 0 Å². The van der Waals surface area contributed by atoms with Crippen molar-refractivity contribution < 1.29 is 13.2 Å². The number of hydrogen-bond donors (Lipinski definition) is 1. The van der Waals surface area contributed by atoms with E-state index in [2.05, 4.69) is 5.32 Å². The lowest BCUT2D eigenvalue weighted by Gasteiger charge is -2.22. The molecule has 1 rings (SSSR count). The lowest BCUT2D eigenvalue weighted by Crippen LogP contribution is -2.39. The Bertz CT molecular complexity index is 527. The molecule has 1 aromatic carbocycles. The summed E-state index contributed by atoms with van der Waals surface area (Å²) in [5.74, 6) is 0.0538. The highest BCUT2D eigenvalue weighted by molar-refractivity contribution is 7.88. The lowest BCUT2D eigenvalue weighted by molar-refractivity contribution is 0.0951. The molecule has 112 valence electrons. The van der Waals surface area contributed by atoms with Crippen LogP contribution < -0.4 is 5.32 Å². The zero-order valence-electron chi connectivity index (χ0n) is 12.2. The highest BCUT2D eigenvalue weighted by Crippen LogP contribution is 2.03. The summed E-state index contributed by atoms with van der Waals surface area (Å²) >= 11 is 0. The second-order valence-corrected chi connectivity index (χ2v) is 7.12. The molecule has 0 bridgehead atoms. The van der Waals surface area contributed by atoms with Crippen LogP contribution in [-0.2, 0) is 10.0 Å². The Kier molecular flexibility index (Phi) is 6.16. The summed E-state index contributed by atoms with van der Waals surface area (Å²) in [6.45, 7) is 4.96. The van der Waals surface area contributed by atoms with Gasteiger partial charge in [0, 0.05) is 25.2 Å². The fourth-order valence-corrected chi connectivity index (χ4v) is 2.78. The van der Waals surface area contributed by atoms with Crippen molar-refractivity contribution >= 4 is 15.9 Å². The maximum atomic E-state index is 11.8. The number of hydrogen-bond acceptors (Lipinski definition) is 3. The van der Waals surface area contributed by atoms with E-state index < -0.39 is 10.0 Å². The number of benzene rings is 1. The average Bonchev–Trinajstić information content (AvgIpc) is 2.37. The third-order valence-electron chi connectivity index (χ3n) is 2.72. The molecule has 0 unspecified atom stereocenters. The van der Waals surface area contributed by atoms with Crippen LogP contribution in [0.1, 0.15) is 24.2 Å². The van der Waals surface area contributed by atoms with Crippen LogP contribution in [0.2, 0.25) is 0 Å². The summed E-state index contributed by atoms with van der Waals surface area (Å²) in [6, 6.07) is 8.85. The van der Waals surface area contributed by atoms with Crippen LogP contribution in [0.3, 0.4) is 0 Å². The van der Waals surface area contributed by atoms with Crippen LogP contribution in [0.4, 0.5) is 0 Å². The highest BCUT2D eigenvalue weighted by atomic mass is 32.2. The van der Waals surface area contributed by atoms with Gasteiger partial charge in [0.1, 0.15) is 0 Å². The minimum Gasteiger partial charge on any atom is -0.351 e. The van der Waals surface area contributed by atoms with E-state index >= 15 is 0 Å². The molecule has 0 aliphatic rings. The van der Waals surface area contributed by atoms with E-state index in [1.54, 1.807) is 24.3 Å². The van der Waals surface area contributed by atoms with Gasteiger partial charge in [-0.2, -0.15) is 0 Å². The first-order chi connectivity index (χ1) is 9.30. The molecule has 0 radical (unpaired) electrons. The highest BCUT2D eigenvalue weighted by Gasteiger charge is 2.17. The normalized spacial score (nSPS) is 11.8. The Morgan fingerprint density at radius 1 is 1.25 bits per heavy atom. The molecule has 0 aromatic heterocycles. The van der Waals surface area contributed by atoms with Gasteiger partial charge in [0.25, 0.3) is 5.91 Å². The van der Waals surface area contributed by atoms with Crippen LogP contribution in [0.25, 0.3) is 0 Å². The minimum atomic E-state index is -3.24. The van der Waals surface area contributed by atoms with Gasteiger partial charge in [0.15, 0.2) is 0 Å². The van der Waals surface area contributed by atoms with Crippen LogP contribution in [0.15, 0.2) is 30.3 Å². The summed E-state index contributed by atoms with van der Waals surface area (Å²) in [6.07, 6.45) is 1.19. The molecule has 0 heterocycles. The van der Waals surface area contributed by atoms with Crippen molar-refractivity contribution in [2.45, 2.75) is 13.8 Å². The number of amides is 1. The Balaban J connectivity index is 2.51.